The summed E-state index contributed by atoms with van der Waals surface area (Å²) in [6.07, 6.45) is 5.14. The minimum absolute atomic E-state index is 0.152. The second-order valence-electron chi connectivity index (χ2n) is 2.85. The molecule has 0 heterocycles. The summed E-state index contributed by atoms with van der Waals surface area (Å²) >= 11 is 0. The molecule has 2 heteroatoms. The zero-order valence-electron chi connectivity index (χ0n) is 6.93. The lowest BCUT2D eigenvalue weighted by Gasteiger charge is -2.21. The summed E-state index contributed by atoms with van der Waals surface area (Å²) < 4.78 is 0. The normalized spacial score (nSPS) is 17.6. The monoisotopic (exact) mass is 142 g/mol. The second kappa shape index (κ2) is 4.47. The molecule has 60 valence electrons. The molecule has 0 saturated carbocycles. The van der Waals surface area contributed by atoms with Crippen LogP contribution in [-0.4, -0.2) is 13.1 Å². The van der Waals surface area contributed by atoms with E-state index in [1.54, 1.807) is 0 Å². The molecule has 0 aromatic carbocycles. The molecule has 0 aromatic heterocycles. The molecule has 0 aliphatic rings. The van der Waals surface area contributed by atoms with E-state index in [0.29, 0.717) is 13.1 Å². The standard InChI is InChI=1S/C8H18N2/c1-3-8(2,7-10)5-4-6-9/h4-5H,3,6-7,9-10H2,1-2H3. The maximum Gasteiger partial charge on any atom is 0.0107 e. The van der Waals surface area contributed by atoms with E-state index in [-0.39, 0.29) is 5.41 Å². The summed E-state index contributed by atoms with van der Waals surface area (Å²) in [4.78, 5) is 0. The van der Waals surface area contributed by atoms with Crippen molar-refractivity contribution < 1.29 is 0 Å². The van der Waals surface area contributed by atoms with Gasteiger partial charge in [-0.15, -0.1) is 0 Å². The lowest BCUT2D eigenvalue weighted by Crippen LogP contribution is -2.24. The molecule has 1 unspecified atom stereocenters. The third-order valence-electron chi connectivity index (χ3n) is 1.93. The first-order chi connectivity index (χ1) is 4.68. The van der Waals surface area contributed by atoms with Crippen LogP contribution in [0.15, 0.2) is 12.2 Å². The molecule has 2 nitrogen and oxygen atoms in total. The van der Waals surface area contributed by atoms with E-state index in [4.69, 9.17) is 11.5 Å². The molecule has 10 heavy (non-hydrogen) atoms. The highest BCUT2D eigenvalue weighted by atomic mass is 14.6. The fourth-order valence-electron chi connectivity index (χ4n) is 0.683. The maximum atomic E-state index is 5.57. The van der Waals surface area contributed by atoms with Gasteiger partial charge in [0.1, 0.15) is 0 Å². The van der Waals surface area contributed by atoms with Crippen LogP contribution in [0.3, 0.4) is 0 Å². The minimum Gasteiger partial charge on any atom is -0.330 e. The molecule has 0 spiro atoms. The molecular formula is C8H18N2. The van der Waals surface area contributed by atoms with Gasteiger partial charge in [0.2, 0.25) is 0 Å². The Bertz CT molecular complexity index is 104. The van der Waals surface area contributed by atoms with Gasteiger partial charge in [0, 0.05) is 13.1 Å². The molecule has 0 aliphatic carbocycles. The minimum atomic E-state index is 0.152. The Hall–Kier alpha value is -0.340. The molecule has 0 amide bonds. The molecule has 0 aromatic rings. The Morgan fingerprint density at radius 3 is 2.30 bits per heavy atom. The van der Waals surface area contributed by atoms with Crippen molar-refractivity contribution >= 4 is 0 Å². The van der Waals surface area contributed by atoms with Crippen molar-refractivity contribution in [2.45, 2.75) is 20.3 Å². The highest BCUT2D eigenvalue weighted by molar-refractivity contribution is 4.97. The van der Waals surface area contributed by atoms with Crippen LogP contribution in [0.1, 0.15) is 20.3 Å². The summed E-state index contributed by atoms with van der Waals surface area (Å²) in [7, 11) is 0. The average Bonchev–Trinajstić information content (AvgIpc) is 2.00. The summed E-state index contributed by atoms with van der Waals surface area (Å²) in [6, 6.07) is 0. The lowest BCUT2D eigenvalue weighted by molar-refractivity contribution is 0.423. The smallest absolute Gasteiger partial charge is 0.0107 e. The van der Waals surface area contributed by atoms with Crippen molar-refractivity contribution in [3.8, 4) is 0 Å². The lowest BCUT2D eigenvalue weighted by atomic mass is 9.87. The molecule has 0 fully saturated rings. The van der Waals surface area contributed by atoms with Crippen LogP contribution in [0.2, 0.25) is 0 Å². The van der Waals surface area contributed by atoms with Crippen LogP contribution in [0.5, 0.6) is 0 Å². The molecule has 0 rings (SSSR count). The van der Waals surface area contributed by atoms with Gasteiger partial charge in [-0.25, -0.2) is 0 Å². The molecule has 0 radical (unpaired) electrons. The van der Waals surface area contributed by atoms with Gasteiger partial charge in [-0.05, 0) is 11.8 Å². The van der Waals surface area contributed by atoms with E-state index in [0.717, 1.165) is 6.42 Å². The zero-order valence-corrected chi connectivity index (χ0v) is 6.93. The van der Waals surface area contributed by atoms with E-state index >= 15 is 0 Å². The van der Waals surface area contributed by atoms with E-state index in [2.05, 4.69) is 19.9 Å². The van der Waals surface area contributed by atoms with Gasteiger partial charge in [0.05, 0.1) is 0 Å². The van der Waals surface area contributed by atoms with Crippen molar-refractivity contribution in [1.29, 1.82) is 0 Å². The van der Waals surface area contributed by atoms with E-state index in [1.165, 1.54) is 0 Å². The Kier molecular flexibility index (Phi) is 4.32. The van der Waals surface area contributed by atoms with Gasteiger partial charge in [-0.1, -0.05) is 26.0 Å². The highest BCUT2D eigenvalue weighted by Gasteiger charge is 2.14. The number of hydrogen-bond donors (Lipinski definition) is 2. The number of rotatable bonds is 4. The molecule has 4 N–H and O–H groups in total. The molecule has 1 atom stereocenters. The van der Waals surface area contributed by atoms with Crippen LogP contribution in [0.25, 0.3) is 0 Å². The number of hydrogen-bond acceptors (Lipinski definition) is 2. The Balaban J connectivity index is 3.92. The Morgan fingerprint density at radius 1 is 1.40 bits per heavy atom. The summed E-state index contributed by atoms with van der Waals surface area (Å²) in [5.74, 6) is 0. The first kappa shape index (κ1) is 9.66. The fourth-order valence-corrected chi connectivity index (χ4v) is 0.683. The topological polar surface area (TPSA) is 52.0 Å². The molecule has 0 aliphatic heterocycles. The molecule has 0 bridgehead atoms. The molecular weight excluding hydrogens is 124 g/mol. The van der Waals surface area contributed by atoms with Crippen molar-refractivity contribution in [3.63, 3.8) is 0 Å². The van der Waals surface area contributed by atoms with Crippen molar-refractivity contribution in [2.24, 2.45) is 16.9 Å². The summed E-state index contributed by atoms with van der Waals surface area (Å²) in [5.41, 5.74) is 11.0. The van der Waals surface area contributed by atoms with Gasteiger partial charge in [0.25, 0.3) is 0 Å². The van der Waals surface area contributed by atoms with Gasteiger partial charge in [0.15, 0.2) is 0 Å². The first-order valence-electron chi connectivity index (χ1n) is 3.76. The van der Waals surface area contributed by atoms with Crippen LogP contribution in [0, 0.1) is 5.41 Å². The largest absolute Gasteiger partial charge is 0.330 e. The third kappa shape index (κ3) is 2.99. The van der Waals surface area contributed by atoms with E-state index in [1.807, 2.05) is 6.08 Å². The first-order valence-corrected chi connectivity index (χ1v) is 3.76. The molecule has 0 saturated heterocycles. The van der Waals surface area contributed by atoms with Crippen LogP contribution >= 0.6 is 0 Å². The van der Waals surface area contributed by atoms with E-state index in [9.17, 15) is 0 Å². The quantitative estimate of drug-likeness (QED) is 0.572. The second-order valence-corrected chi connectivity index (χ2v) is 2.85. The fraction of sp³-hybridized carbons (Fsp3) is 0.750. The van der Waals surface area contributed by atoms with Gasteiger partial charge in [-0.3, -0.25) is 0 Å². The highest BCUT2D eigenvalue weighted by Crippen LogP contribution is 2.20. The van der Waals surface area contributed by atoms with Crippen molar-refractivity contribution in [1.82, 2.24) is 0 Å². The van der Waals surface area contributed by atoms with Gasteiger partial charge >= 0.3 is 0 Å². The maximum absolute atomic E-state index is 5.57. The predicted molar refractivity (Wildman–Crippen MR) is 45.6 cm³/mol. The van der Waals surface area contributed by atoms with Gasteiger partial charge in [-0.2, -0.15) is 0 Å². The average molecular weight is 142 g/mol. The van der Waals surface area contributed by atoms with Gasteiger partial charge < -0.3 is 11.5 Å². The van der Waals surface area contributed by atoms with E-state index < -0.39 is 0 Å². The van der Waals surface area contributed by atoms with Crippen LogP contribution < -0.4 is 11.5 Å². The number of nitrogens with two attached hydrogens (primary N) is 2. The Morgan fingerprint density at radius 2 is 2.00 bits per heavy atom. The summed E-state index contributed by atoms with van der Waals surface area (Å²) in [6.45, 7) is 5.57. The summed E-state index contributed by atoms with van der Waals surface area (Å²) in [5, 5.41) is 0. The Labute approximate surface area is 63.3 Å². The predicted octanol–water partition coefficient (Wildman–Crippen LogP) is 0.876. The van der Waals surface area contributed by atoms with Crippen LogP contribution in [0.4, 0.5) is 0 Å². The SMILES string of the molecule is CCC(C)(C=CCN)CN. The third-order valence-corrected chi connectivity index (χ3v) is 1.93. The van der Waals surface area contributed by atoms with Crippen molar-refractivity contribution in [2.75, 3.05) is 13.1 Å². The van der Waals surface area contributed by atoms with Crippen molar-refractivity contribution in [3.05, 3.63) is 12.2 Å². The zero-order chi connectivity index (χ0) is 8.04. The van der Waals surface area contributed by atoms with Crippen LogP contribution in [-0.2, 0) is 0 Å².